The summed E-state index contributed by atoms with van der Waals surface area (Å²) in [6.07, 6.45) is -3.79. The van der Waals surface area contributed by atoms with E-state index in [4.69, 9.17) is 0 Å². The molecule has 0 fully saturated rings. The maximum atomic E-state index is 14.8. The lowest BCUT2D eigenvalue weighted by Gasteiger charge is -2.20. The van der Waals surface area contributed by atoms with Crippen LogP contribution in [0.1, 0.15) is 24.5 Å². The second-order valence-electron chi connectivity index (χ2n) is 7.95. The van der Waals surface area contributed by atoms with Gasteiger partial charge in [-0.2, -0.15) is 8.78 Å². The van der Waals surface area contributed by atoms with Gasteiger partial charge in [-0.3, -0.25) is 0 Å². The van der Waals surface area contributed by atoms with E-state index in [9.17, 15) is 39.5 Å². The van der Waals surface area contributed by atoms with Gasteiger partial charge in [0.05, 0.1) is 5.39 Å². The van der Waals surface area contributed by atoms with Crippen molar-refractivity contribution in [3.05, 3.63) is 100 Å². The summed E-state index contributed by atoms with van der Waals surface area (Å²) in [6.45, 7) is 1.74. The molecule has 0 aliphatic heterocycles. The van der Waals surface area contributed by atoms with Crippen molar-refractivity contribution in [1.29, 1.82) is 0 Å². The Bertz CT molecular complexity index is 1460. The average molecular weight is 514 g/mol. The van der Waals surface area contributed by atoms with Crippen LogP contribution < -0.4 is 4.74 Å². The Balaban J connectivity index is 1.70. The summed E-state index contributed by atoms with van der Waals surface area (Å²) in [5.41, 5.74) is -2.35. The SMILES string of the molecule is CCCc1ccc2cc(C(F)(F)Oc3ccc(-c4cc(F)c(F)c(F)c4)c(F)c3)c(F)c(F)c2c1F. The quantitative estimate of drug-likeness (QED) is 0.185. The maximum absolute atomic E-state index is 14.8. The Kier molecular flexibility index (Phi) is 6.64. The van der Waals surface area contributed by atoms with Crippen LogP contribution in [0.25, 0.3) is 21.9 Å². The molecule has 1 nitrogen and oxygen atoms in total. The van der Waals surface area contributed by atoms with E-state index >= 15 is 0 Å². The molecular weight excluding hydrogens is 499 g/mol. The minimum atomic E-state index is -4.53. The molecule has 0 unspecified atom stereocenters. The van der Waals surface area contributed by atoms with E-state index in [0.29, 0.717) is 30.7 Å². The smallest absolute Gasteiger partial charge is 0.429 e. The molecular formula is C26H15F9O. The molecule has 4 aromatic carbocycles. The minimum Gasteiger partial charge on any atom is -0.429 e. The average Bonchev–Trinajstić information content (AvgIpc) is 2.81. The van der Waals surface area contributed by atoms with Crippen LogP contribution in [-0.2, 0) is 12.5 Å². The van der Waals surface area contributed by atoms with Crippen LogP contribution in [0.5, 0.6) is 5.75 Å². The molecule has 0 saturated heterocycles. The third-order valence-electron chi connectivity index (χ3n) is 5.52. The van der Waals surface area contributed by atoms with Gasteiger partial charge in [-0.15, -0.1) is 0 Å². The van der Waals surface area contributed by atoms with Gasteiger partial charge in [-0.25, -0.2) is 30.7 Å². The first-order chi connectivity index (χ1) is 16.9. The van der Waals surface area contributed by atoms with Crippen LogP contribution in [0, 0.1) is 40.7 Å². The van der Waals surface area contributed by atoms with Crippen LogP contribution in [0.15, 0.2) is 48.5 Å². The Morgan fingerprint density at radius 3 is 1.97 bits per heavy atom. The fraction of sp³-hybridized carbons (Fsp3) is 0.154. The first kappa shape index (κ1) is 25.4. The van der Waals surface area contributed by atoms with Gasteiger partial charge in [-0.05, 0) is 53.3 Å². The molecule has 0 amide bonds. The van der Waals surface area contributed by atoms with Crippen LogP contribution >= 0.6 is 0 Å². The molecule has 4 aromatic rings. The lowest BCUT2D eigenvalue weighted by molar-refractivity contribution is -0.187. The predicted molar refractivity (Wildman–Crippen MR) is 114 cm³/mol. The second kappa shape index (κ2) is 9.40. The zero-order valence-electron chi connectivity index (χ0n) is 18.3. The molecule has 188 valence electrons. The normalized spacial score (nSPS) is 11.8. The van der Waals surface area contributed by atoms with Gasteiger partial charge in [0, 0.05) is 11.6 Å². The number of aryl methyl sites for hydroxylation is 1. The summed E-state index contributed by atoms with van der Waals surface area (Å²) in [6, 6.07) is 6.02. The van der Waals surface area contributed by atoms with Gasteiger partial charge in [0.15, 0.2) is 29.1 Å². The summed E-state index contributed by atoms with van der Waals surface area (Å²) in [4.78, 5) is 0. The summed E-state index contributed by atoms with van der Waals surface area (Å²) in [5, 5.41) is -1.13. The molecule has 0 atom stereocenters. The van der Waals surface area contributed by atoms with E-state index < -0.39 is 74.7 Å². The molecule has 0 radical (unpaired) electrons. The van der Waals surface area contributed by atoms with Crippen molar-refractivity contribution in [3.63, 3.8) is 0 Å². The first-order valence-electron chi connectivity index (χ1n) is 10.6. The molecule has 0 aliphatic rings. The molecule has 0 spiro atoms. The number of fused-ring (bicyclic) bond motifs is 1. The molecule has 0 aliphatic carbocycles. The van der Waals surface area contributed by atoms with E-state index in [0.717, 1.165) is 12.1 Å². The Hall–Kier alpha value is -3.69. The fourth-order valence-electron chi connectivity index (χ4n) is 3.81. The monoisotopic (exact) mass is 514 g/mol. The molecule has 0 saturated carbocycles. The molecule has 36 heavy (non-hydrogen) atoms. The van der Waals surface area contributed by atoms with Crippen LogP contribution in [0.4, 0.5) is 39.5 Å². The molecule has 0 N–H and O–H groups in total. The Morgan fingerprint density at radius 1 is 0.694 bits per heavy atom. The highest BCUT2D eigenvalue weighted by atomic mass is 19.3. The lowest BCUT2D eigenvalue weighted by Crippen LogP contribution is -2.24. The molecule has 10 heteroatoms. The van der Waals surface area contributed by atoms with Gasteiger partial charge in [-0.1, -0.05) is 25.5 Å². The standard InChI is InChI=1S/C26H15F9O/c1-2-3-12-4-5-13-8-17(23(31)25(33)21(13)22(12)30)26(34,35)36-15-6-7-16(18(27)11-15)14-9-19(28)24(32)20(29)10-14/h4-11H,2-3H2,1H3. The minimum absolute atomic E-state index is 0.0931. The van der Waals surface area contributed by atoms with Crippen LogP contribution in [0.2, 0.25) is 0 Å². The van der Waals surface area contributed by atoms with Crippen molar-refractivity contribution in [3.8, 4) is 16.9 Å². The highest BCUT2D eigenvalue weighted by Crippen LogP contribution is 2.39. The largest absolute Gasteiger partial charge is 0.429 e. The Labute approximate surface area is 198 Å². The molecule has 0 aromatic heterocycles. The molecule has 0 bridgehead atoms. The number of rotatable bonds is 6. The second-order valence-corrected chi connectivity index (χ2v) is 7.95. The van der Waals surface area contributed by atoms with Gasteiger partial charge >= 0.3 is 6.11 Å². The van der Waals surface area contributed by atoms with Crippen molar-refractivity contribution in [2.75, 3.05) is 0 Å². The van der Waals surface area contributed by atoms with Crippen molar-refractivity contribution in [2.24, 2.45) is 0 Å². The molecule has 4 rings (SSSR count). The number of ether oxygens (including phenoxy) is 1. The zero-order valence-corrected chi connectivity index (χ0v) is 18.3. The van der Waals surface area contributed by atoms with E-state index in [1.807, 2.05) is 0 Å². The van der Waals surface area contributed by atoms with Gasteiger partial charge < -0.3 is 4.74 Å². The molecule has 0 heterocycles. The van der Waals surface area contributed by atoms with E-state index in [2.05, 4.69) is 4.74 Å². The maximum Gasteiger partial charge on any atom is 0.429 e. The number of benzene rings is 4. The summed E-state index contributed by atoms with van der Waals surface area (Å²) in [7, 11) is 0. The Morgan fingerprint density at radius 2 is 1.36 bits per heavy atom. The topological polar surface area (TPSA) is 9.23 Å². The van der Waals surface area contributed by atoms with E-state index in [1.54, 1.807) is 6.92 Å². The van der Waals surface area contributed by atoms with Crippen molar-refractivity contribution >= 4 is 10.8 Å². The summed E-state index contributed by atoms with van der Waals surface area (Å²) in [5.74, 6) is -12.0. The van der Waals surface area contributed by atoms with Gasteiger partial charge in [0.25, 0.3) is 0 Å². The van der Waals surface area contributed by atoms with Crippen LogP contribution in [0.3, 0.4) is 0 Å². The summed E-state index contributed by atoms with van der Waals surface area (Å²) < 4.78 is 133. The van der Waals surface area contributed by atoms with E-state index in [1.165, 1.54) is 12.1 Å². The van der Waals surface area contributed by atoms with Gasteiger partial charge in [0.1, 0.15) is 22.9 Å². The lowest BCUT2D eigenvalue weighted by atomic mass is 9.99. The van der Waals surface area contributed by atoms with Crippen LogP contribution in [-0.4, -0.2) is 0 Å². The third-order valence-corrected chi connectivity index (χ3v) is 5.52. The highest BCUT2D eigenvalue weighted by molar-refractivity contribution is 5.85. The zero-order chi connectivity index (χ0) is 26.4. The number of hydrogen-bond acceptors (Lipinski definition) is 1. The summed E-state index contributed by atoms with van der Waals surface area (Å²) >= 11 is 0. The predicted octanol–water partition coefficient (Wildman–Crippen LogP) is 8.56. The number of halogens is 9. The third kappa shape index (κ3) is 4.47. The number of alkyl halides is 2. The van der Waals surface area contributed by atoms with Crippen molar-refractivity contribution in [1.82, 2.24) is 0 Å². The number of hydrogen-bond donors (Lipinski definition) is 0. The van der Waals surface area contributed by atoms with Crippen molar-refractivity contribution in [2.45, 2.75) is 25.9 Å². The van der Waals surface area contributed by atoms with E-state index in [-0.39, 0.29) is 17.4 Å². The first-order valence-corrected chi connectivity index (χ1v) is 10.6. The van der Waals surface area contributed by atoms with Gasteiger partial charge in [0.2, 0.25) is 0 Å². The fourth-order valence-corrected chi connectivity index (χ4v) is 3.81. The van der Waals surface area contributed by atoms with Crippen molar-refractivity contribution < 1.29 is 44.3 Å². The highest BCUT2D eigenvalue weighted by Gasteiger charge is 2.40.